The maximum absolute atomic E-state index is 9.34. The molecule has 1 aliphatic heterocycles. The second kappa shape index (κ2) is 4.69. The molecule has 2 N–H and O–H groups in total. The van der Waals surface area contributed by atoms with E-state index in [2.05, 4.69) is 15.5 Å². The summed E-state index contributed by atoms with van der Waals surface area (Å²) >= 11 is 0. The zero-order valence-electron chi connectivity index (χ0n) is 8.64. The molecule has 15 heavy (non-hydrogen) atoms. The van der Waals surface area contributed by atoms with Crippen LogP contribution in [0.15, 0.2) is 4.52 Å². The van der Waals surface area contributed by atoms with Crippen molar-refractivity contribution in [2.45, 2.75) is 25.0 Å². The van der Waals surface area contributed by atoms with E-state index in [0.717, 1.165) is 0 Å². The lowest BCUT2D eigenvalue weighted by atomic mass is 10.2. The standard InChI is InChI=1S/C9H15N3O3/c1-14-3-2-8-11-9(15-12-8)7-4-6(13)5-10-7/h6-7,10,13H,2-5H2,1H3/t6-,7-/m0/s1. The van der Waals surface area contributed by atoms with Gasteiger partial charge in [0.1, 0.15) is 0 Å². The first kappa shape index (κ1) is 10.5. The van der Waals surface area contributed by atoms with Crippen LogP contribution in [0.3, 0.4) is 0 Å². The summed E-state index contributed by atoms with van der Waals surface area (Å²) in [6, 6.07) is -0.0104. The number of methoxy groups -OCH3 is 1. The van der Waals surface area contributed by atoms with Gasteiger partial charge in [-0.1, -0.05) is 5.16 Å². The van der Waals surface area contributed by atoms with Crippen LogP contribution in [0, 0.1) is 0 Å². The first-order chi connectivity index (χ1) is 7.29. The van der Waals surface area contributed by atoms with E-state index < -0.39 is 0 Å². The lowest BCUT2D eigenvalue weighted by Crippen LogP contribution is -2.15. The average Bonchev–Trinajstić information content (AvgIpc) is 2.83. The van der Waals surface area contributed by atoms with Crippen LogP contribution < -0.4 is 5.32 Å². The minimum atomic E-state index is -0.315. The molecule has 0 bridgehead atoms. The number of aliphatic hydroxyl groups is 1. The van der Waals surface area contributed by atoms with E-state index >= 15 is 0 Å². The number of rotatable bonds is 4. The number of β-amino-alcohol motifs (C(OH)–C–C–N with tert-alkyl or cyclic N) is 1. The van der Waals surface area contributed by atoms with Crippen molar-refractivity contribution in [2.75, 3.05) is 20.3 Å². The summed E-state index contributed by atoms with van der Waals surface area (Å²) < 4.78 is 10.0. The fourth-order valence-corrected chi connectivity index (χ4v) is 1.61. The van der Waals surface area contributed by atoms with E-state index in [1.54, 1.807) is 7.11 Å². The molecule has 0 unspecified atom stereocenters. The molecule has 1 aromatic rings. The molecule has 84 valence electrons. The highest BCUT2D eigenvalue weighted by Gasteiger charge is 2.27. The molecular weight excluding hydrogens is 198 g/mol. The fraction of sp³-hybridized carbons (Fsp3) is 0.778. The Labute approximate surface area is 87.6 Å². The largest absolute Gasteiger partial charge is 0.392 e. The fourth-order valence-electron chi connectivity index (χ4n) is 1.61. The van der Waals surface area contributed by atoms with Crippen LogP contribution in [0.1, 0.15) is 24.2 Å². The van der Waals surface area contributed by atoms with Crippen molar-refractivity contribution in [1.82, 2.24) is 15.5 Å². The third kappa shape index (κ3) is 2.53. The molecule has 0 amide bonds. The predicted octanol–water partition coefficient (Wildman–Crippen LogP) is -0.346. The highest BCUT2D eigenvalue weighted by Crippen LogP contribution is 2.21. The summed E-state index contributed by atoms with van der Waals surface area (Å²) in [5.41, 5.74) is 0. The highest BCUT2D eigenvalue weighted by atomic mass is 16.5. The Morgan fingerprint density at radius 1 is 1.67 bits per heavy atom. The van der Waals surface area contributed by atoms with Crippen LogP contribution in [-0.4, -0.2) is 41.6 Å². The summed E-state index contributed by atoms with van der Waals surface area (Å²) in [7, 11) is 1.63. The van der Waals surface area contributed by atoms with Crippen molar-refractivity contribution >= 4 is 0 Å². The van der Waals surface area contributed by atoms with Gasteiger partial charge in [0.2, 0.25) is 5.89 Å². The van der Waals surface area contributed by atoms with E-state index in [1.807, 2.05) is 0 Å². The van der Waals surface area contributed by atoms with Gasteiger partial charge < -0.3 is 19.7 Å². The van der Waals surface area contributed by atoms with Crippen LogP contribution in [0.2, 0.25) is 0 Å². The summed E-state index contributed by atoms with van der Waals surface area (Å²) in [4.78, 5) is 4.23. The van der Waals surface area contributed by atoms with Crippen molar-refractivity contribution in [3.63, 3.8) is 0 Å². The van der Waals surface area contributed by atoms with Crippen molar-refractivity contribution in [3.8, 4) is 0 Å². The van der Waals surface area contributed by atoms with E-state index in [4.69, 9.17) is 9.26 Å². The maximum atomic E-state index is 9.34. The molecule has 0 aromatic carbocycles. The van der Waals surface area contributed by atoms with Gasteiger partial charge in [0, 0.05) is 20.1 Å². The molecule has 2 heterocycles. The summed E-state index contributed by atoms with van der Waals surface area (Å²) in [6.45, 7) is 1.17. The number of aromatic nitrogens is 2. The maximum Gasteiger partial charge on any atom is 0.243 e. The van der Waals surface area contributed by atoms with Gasteiger partial charge >= 0.3 is 0 Å². The lowest BCUT2D eigenvalue weighted by Gasteiger charge is -2.01. The van der Waals surface area contributed by atoms with Gasteiger partial charge in [-0.05, 0) is 6.42 Å². The Morgan fingerprint density at radius 3 is 3.20 bits per heavy atom. The first-order valence-electron chi connectivity index (χ1n) is 5.02. The Balaban J connectivity index is 1.94. The number of hydrogen-bond acceptors (Lipinski definition) is 6. The monoisotopic (exact) mass is 213 g/mol. The second-order valence-electron chi connectivity index (χ2n) is 3.64. The molecule has 0 saturated carbocycles. The van der Waals surface area contributed by atoms with E-state index in [1.165, 1.54) is 0 Å². The van der Waals surface area contributed by atoms with E-state index in [9.17, 15) is 5.11 Å². The summed E-state index contributed by atoms with van der Waals surface area (Å²) in [5.74, 6) is 1.20. The molecule has 6 heteroatoms. The molecule has 1 aromatic heterocycles. The Hall–Kier alpha value is -0.980. The minimum absolute atomic E-state index is 0.0104. The van der Waals surface area contributed by atoms with Crippen LogP contribution in [0.25, 0.3) is 0 Å². The molecule has 0 radical (unpaired) electrons. The van der Waals surface area contributed by atoms with Gasteiger partial charge in [-0.2, -0.15) is 4.98 Å². The van der Waals surface area contributed by atoms with Gasteiger partial charge in [0.15, 0.2) is 5.82 Å². The van der Waals surface area contributed by atoms with Crippen molar-refractivity contribution in [3.05, 3.63) is 11.7 Å². The molecule has 1 saturated heterocycles. The van der Waals surface area contributed by atoms with Gasteiger partial charge in [0.05, 0.1) is 18.8 Å². The molecule has 1 fully saturated rings. The first-order valence-corrected chi connectivity index (χ1v) is 5.02. The lowest BCUT2D eigenvalue weighted by molar-refractivity contribution is 0.191. The molecule has 2 atom stereocenters. The zero-order chi connectivity index (χ0) is 10.7. The smallest absolute Gasteiger partial charge is 0.243 e. The number of aliphatic hydroxyl groups excluding tert-OH is 1. The molecular formula is C9H15N3O3. The van der Waals surface area contributed by atoms with Crippen LogP contribution in [0.5, 0.6) is 0 Å². The quantitative estimate of drug-likeness (QED) is 0.711. The minimum Gasteiger partial charge on any atom is -0.392 e. The predicted molar refractivity (Wildman–Crippen MR) is 51.2 cm³/mol. The Morgan fingerprint density at radius 2 is 2.53 bits per heavy atom. The number of nitrogens with one attached hydrogen (secondary N) is 1. The molecule has 2 rings (SSSR count). The average molecular weight is 213 g/mol. The third-order valence-corrected chi connectivity index (χ3v) is 2.42. The Bertz CT molecular complexity index is 315. The number of hydrogen-bond donors (Lipinski definition) is 2. The zero-order valence-corrected chi connectivity index (χ0v) is 8.64. The normalized spacial score (nSPS) is 26.0. The summed E-state index contributed by atoms with van der Waals surface area (Å²) in [5, 5.41) is 16.3. The van der Waals surface area contributed by atoms with Crippen LogP contribution >= 0.6 is 0 Å². The second-order valence-corrected chi connectivity index (χ2v) is 3.64. The van der Waals surface area contributed by atoms with Crippen molar-refractivity contribution < 1.29 is 14.4 Å². The van der Waals surface area contributed by atoms with E-state index in [0.29, 0.717) is 37.7 Å². The van der Waals surface area contributed by atoms with Crippen LogP contribution in [-0.2, 0) is 11.2 Å². The molecule has 0 spiro atoms. The number of nitrogens with zero attached hydrogens (tertiary/aromatic N) is 2. The summed E-state index contributed by atoms with van der Waals surface area (Å²) in [6.07, 6.45) is 0.964. The van der Waals surface area contributed by atoms with Crippen molar-refractivity contribution in [2.24, 2.45) is 0 Å². The Kier molecular flexibility index (Phi) is 3.30. The highest BCUT2D eigenvalue weighted by molar-refractivity contribution is 4.97. The van der Waals surface area contributed by atoms with Crippen molar-refractivity contribution in [1.29, 1.82) is 0 Å². The molecule has 1 aliphatic rings. The molecule has 0 aliphatic carbocycles. The SMILES string of the molecule is COCCc1noc([C@@H]2C[C@H](O)CN2)n1. The number of ether oxygens (including phenoxy) is 1. The van der Waals surface area contributed by atoms with Gasteiger partial charge in [-0.25, -0.2) is 0 Å². The van der Waals surface area contributed by atoms with Gasteiger partial charge in [-0.3, -0.25) is 0 Å². The van der Waals surface area contributed by atoms with E-state index in [-0.39, 0.29) is 12.1 Å². The van der Waals surface area contributed by atoms with Crippen LogP contribution in [0.4, 0.5) is 0 Å². The van der Waals surface area contributed by atoms with Gasteiger partial charge in [0.25, 0.3) is 0 Å². The topological polar surface area (TPSA) is 80.4 Å². The molecule has 6 nitrogen and oxygen atoms in total. The third-order valence-electron chi connectivity index (χ3n) is 2.42. The van der Waals surface area contributed by atoms with Gasteiger partial charge in [-0.15, -0.1) is 0 Å².